The van der Waals surface area contributed by atoms with Gasteiger partial charge in [0.1, 0.15) is 0 Å². The summed E-state index contributed by atoms with van der Waals surface area (Å²) in [6, 6.07) is 0. The lowest BCUT2D eigenvalue weighted by Crippen LogP contribution is -2.41. The summed E-state index contributed by atoms with van der Waals surface area (Å²) in [5.74, 6) is 1.85. The lowest BCUT2D eigenvalue weighted by atomic mass is 9.93. The van der Waals surface area contributed by atoms with E-state index in [1.165, 1.54) is 56.0 Å². The molecule has 1 aromatic rings. The van der Waals surface area contributed by atoms with Crippen LogP contribution in [0.25, 0.3) is 0 Å². The van der Waals surface area contributed by atoms with Gasteiger partial charge in [-0.15, -0.1) is 35.3 Å². The van der Waals surface area contributed by atoms with E-state index in [1.54, 1.807) is 11.3 Å². The number of nitrogens with one attached hydrogen (secondary N) is 1. The second-order valence-electron chi connectivity index (χ2n) is 9.06. The highest BCUT2D eigenvalue weighted by Gasteiger charge is 2.27. The number of hydrogen-bond donors (Lipinski definition) is 1. The average molecular weight is 520 g/mol. The lowest BCUT2D eigenvalue weighted by molar-refractivity contribution is 0.198. The minimum atomic E-state index is 0. The van der Waals surface area contributed by atoms with Crippen LogP contribution in [0.4, 0.5) is 0 Å². The SMILES string of the molecule is CN=C(NCCc1nc(C(C)(C)C)cs1)N1CCC(CN2CCCCC2)C1.I. The second kappa shape index (κ2) is 11.1. The lowest BCUT2D eigenvalue weighted by Gasteiger charge is -2.29. The maximum Gasteiger partial charge on any atom is 0.193 e. The van der Waals surface area contributed by atoms with Crippen molar-refractivity contribution < 1.29 is 0 Å². The standard InChI is InChI=1S/C21H37N5S.HI/c1-21(2,3)18-16-27-19(24-18)8-10-23-20(22-4)26-13-9-17(15-26)14-25-11-6-5-7-12-25;/h16-17H,5-15H2,1-4H3,(H,22,23);1H. The van der Waals surface area contributed by atoms with E-state index in [2.05, 4.69) is 46.3 Å². The van der Waals surface area contributed by atoms with E-state index in [4.69, 9.17) is 4.98 Å². The van der Waals surface area contributed by atoms with Gasteiger partial charge >= 0.3 is 0 Å². The average Bonchev–Trinajstić information content (AvgIpc) is 3.29. The summed E-state index contributed by atoms with van der Waals surface area (Å²) in [4.78, 5) is 14.4. The number of nitrogens with zero attached hydrogens (tertiary/aromatic N) is 4. The molecule has 0 aliphatic carbocycles. The maximum absolute atomic E-state index is 4.80. The van der Waals surface area contributed by atoms with Crippen molar-refractivity contribution in [3.63, 3.8) is 0 Å². The highest BCUT2D eigenvalue weighted by Crippen LogP contribution is 2.24. The van der Waals surface area contributed by atoms with Crippen molar-refractivity contribution in [2.24, 2.45) is 10.9 Å². The van der Waals surface area contributed by atoms with E-state index in [9.17, 15) is 0 Å². The Morgan fingerprint density at radius 3 is 2.64 bits per heavy atom. The first-order chi connectivity index (χ1) is 13.0. The number of guanidine groups is 1. The summed E-state index contributed by atoms with van der Waals surface area (Å²) in [7, 11) is 1.90. The monoisotopic (exact) mass is 519 g/mol. The van der Waals surface area contributed by atoms with E-state index in [0.717, 1.165) is 37.9 Å². The van der Waals surface area contributed by atoms with E-state index < -0.39 is 0 Å². The molecule has 160 valence electrons. The van der Waals surface area contributed by atoms with Crippen molar-refractivity contribution in [2.75, 3.05) is 46.3 Å². The fraction of sp³-hybridized carbons (Fsp3) is 0.810. The van der Waals surface area contributed by atoms with Crippen LogP contribution >= 0.6 is 35.3 Å². The van der Waals surface area contributed by atoms with Crippen molar-refractivity contribution in [3.8, 4) is 0 Å². The molecule has 28 heavy (non-hydrogen) atoms. The molecule has 2 aliphatic rings. The summed E-state index contributed by atoms with van der Waals surface area (Å²) in [6.45, 7) is 13.7. The molecule has 3 rings (SSSR count). The van der Waals surface area contributed by atoms with Gasteiger partial charge in [0.15, 0.2) is 5.96 Å². The van der Waals surface area contributed by atoms with Gasteiger partial charge in [0.25, 0.3) is 0 Å². The fourth-order valence-corrected chi connectivity index (χ4v) is 5.09. The van der Waals surface area contributed by atoms with E-state index in [1.807, 2.05) is 7.05 Å². The third-order valence-corrected chi connectivity index (χ3v) is 6.61. The van der Waals surface area contributed by atoms with Crippen LogP contribution in [0.2, 0.25) is 0 Å². The largest absolute Gasteiger partial charge is 0.356 e. The Bertz CT molecular complexity index is 619. The first-order valence-electron chi connectivity index (χ1n) is 10.6. The van der Waals surface area contributed by atoms with Crippen molar-refractivity contribution in [2.45, 2.75) is 58.3 Å². The van der Waals surface area contributed by atoms with Gasteiger partial charge in [-0.3, -0.25) is 4.99 Å². The van der Waals surface area contributed by atoms with Gasteiger partial charge < -0.3 is 15.1 Å². The third kappa shape index (κ3) is 6.83. The first kappa shape index (κ1) is 23.9. The zero-order valence-corrected chi connectivity index (χ0v) is 21.2. The number of aromatic nitrogens is 1. The Morgan fingerprint density at radius 2 is 2.00 bits per heavy atom. The smallest absolute Gasteiger partial charge is 0.193 e. The summed E-state index contributed by atoms with van der Waals surface area (Å²) in [5, 5.41) is 6.98. The Balaban J connectivity index is 0.00000280. The van der Waals surface area contributed by atoms with Crippen LogP contribution in [0.15, 0.2) is 10.4 Å². The van der Waals surface area contributed by atoms with Gasteiger partial charge in [0.05, 0.1) is 10.7 Å². The summed E-state index contributed by atoms with van der Waals surface area (Å²) < 4.78 is 0. The molecule has 1 aromatic heterocycles. The molecule has 3 heterocycles. The number of thiazole rings is 1. The minimum absolute atomic E-state index is 0. The quantitative estimate of drug-likeness (QED) is 0.363. The predicted molar refractivity (Wildman–Crippen MR) is 131 cm³/mol. The second-order valence-corrected chi connectivity index (χ2v) is 10.0. The van der Waals surface area contributed by atoms with Crippen LogP contribution in [-0.2, 0) is 11.8 Å². The highest BCUT2D eigenvalue weighted by molar-refractivity contribution is 14.0. The van der Waals surface area contributed by atoms with Crippen LogP contribution in [0, 0.1) is 5.92 Å². The molecule has 7 heteroatoms. The van der Waals surface area contributed by atoms with Gasteiger partial charge in [-0.1, -0.05) is 27.2 Å². The molecule has 5 nitrogen and oxygen atoms in total. The first-order valence-corrected chi connectivity index (χ1v) is 11.5. The number of piperidine rings is 1. The molecule has 0 saturated carbocycles. The van der Waals surface area contributed by atoms with Crippen LogP contribution < -0.4 is 5.32 Å². The van der Waals surface area contributed by atoms with E-state index >= 15 is 0 Å². The highest BCUT2D eigenvalue weighted by atomic mass is 127. The fourth-order valence-electron chi connectivity index (χ4n) is 4.06. The number of aliphatic imine (C=N–C) groups is 1. The van der Waals surface area contributed by atoms with Crippen molar-refractivity contribution in [1.82, 2.24) is 20.1 Å². The van der Waals surface area contributed by atoms with Crippen LogP contribution in [0.1, 0.15) is 57.2 Å². The maximum atomic E-state index is 4.80. The van der Waals surface area contributed by atoms with Gasteiger partial charge in [-0.2, -0.15) is 0 Å². The number of likely N-dealkylation sites (tertiary alicyclic amines) is 2. The van der Waals surface area contributed by atoms with E-state index in [0.29, 0.717) is 0 Å². The van der Waals surface area contributed by atoms with Gasteiger partial charge in [-0.05, 0) is 38.3 Å². The van der Waals surface area contributed by atoms with Crippen molar-refractivity contribution in [3.05, 3.63) is 16.1 Å². The molecule has 1 unspecified atom stereocenters. The Labute approximate surface area is 192 Å². The van der Waals surface area contributed by atoms with Crippen LogP contribution in [-0.4, -0.2) is 67.1 Å². The van der Waals surface area contributed by atoms with Gasteiger partial charge in [0, 0.05) is 50.4 Å². The van der Waals surface area contributed by atoms with Gasteiger partial charge in [0.2, 0.25) is 0 Å². The zero-order chi connectivity index (χ0) is 19.3. The zero-order valence-electron chi connectivity index (χ0n) is 18.0. The molecule has 1 atom stereocenters. The Morgan fingerprint density at radius 1 is 1.25 bits per heavy atom. The van der Waals surface area contributed by atoms with Crippen molar-refractivity contribution >= 4 is 41.3 Å². The minimum Gasteiger partial charge on any atom is -0.356 e. The molecular weight excluding hydrogens is 481 g/mol. The summed E-state index contributed by atoms with van der Waals surface area (Å²) >= 11 is 1.78. The van der Waals surface area contributed by atoms with Crippen LogP contribution in [0.3, 0.4) is 0 Å². The molecule has 2 fully saturated rings. The third-order valence-electron chi connectivity index (χ3n) is 5.70. The predicted octanol–water partition coefficient (Wildman–Crippen LogP) is 3.98. The molecule has 0 radical (unpaired) electrons. The van der Waals surface area contributed by atoms with E-state index in [-0.39, 0.29) is 29.4 Å². The molecule has 0 amide bonds. The molecular formula is C21H38IN5S. The summed E-state index contributed by atoms with van der Waals surface area (Å²) in [5.41, 5.74) is 1.34. The topological polar surface area (TPSA) is 43.8 Å². The summed E-state index contributed by atoms with van der Waals surface area (Å²) in [6.07, 6.45) is 6.43. The Kier molecular flexibility index (Phi) is 9.47. The molecule has 0 bridgehead atoms. The number of halogens is 1. The van der Waals surface area contributed by atoms with Crippen LogP contribution in [0.5, 0.6) is 0 Å². The van der Waals surface area contributed by atoms with Crippen molar-refractivity contribution in [1.29, 1.82) is 0 Å². The normalized spacial score (nSPS) is 21.6. The molecule has 2 saturated heterocycles. The molecule has 2 aliphatic heterocycles. The van der Waals surface area contributed by atoms with Gasteiger partial charge in [-0.25, -0.2) is 4.98 Å². The number of hydrogen-bond acceptors (Lipinski definition) is 4. The number of rotatable bonds is 5. The Hall–Kier alpha value is -0.410. The molecule has 0 spiro atoms. The molecule has 1 N–H and O–H groups in total. The molecule has 0 aromatic carbocycles.